The molecule has 3 rings (SSSR count). The van der Waals surface area contributed by atoms with Crippen molar-refractivity contribution in [2.24, 2.45) is 0 Å². The lowest BCUT2D eigenvalue weighted by atomic mass is 9.88. The van der Waals surface area contributed by atoms with Crippen LogP contribution in [0.15, 0.2) is 34.9 Å². The van der Waals surface area contributed by atoms with Gasteiger partial charge in [-0.2, -0.15) is 12.7 Å². The lowest BCUT2D eigenvalue weighted by Crippen LogP contribution is -2.32. The second-order valence-electron chi connectivity index (χ2n) is 6.54. The average molecular weight is 499 g/mol. The van der Waals surface area contributed by atoms with Gasteiger partial charge in [0.2, 0.25) is 0 Å². The number of aromatic nitrogens is 1. The topological polar surface area (TPSA) is 103 Å². The molecule has 30 heavy (non-hydrogen) atoms. The van der Waals surface area contributed by atoms with E-state index in [1.165, 1.54) is 19.3 Å². The highest BCUT2D eigenvalue weighted by Crippen LogP contribution is 2.32. The number of carbonyl (C=O) groups is 1. The van der Waals surface area contributed by atoms with Gasteiger partial charge in [-0.25, -0.2) is 8.78 Å². The maximum absolute atomic E-state index is 15.1. The molecule has 158 valence electrons. The largest absolute Gasteiger partial charge is 0.305 e. The number of hydrogen-bond acceptors (Lipinski definition) is 5. The van der Waals surface area contributed by atoms with Crippen molar-refractivity contribution >= 4 is 48.9 Å². The number of carbonyl (C=O) groups excluding carboxylic acids is 1. The Morgan fingerprint density at radius 3 is 2.73 bits per heavy atom. The van der Waals surface area contributed by atoms with Gasteiger partial charge in [-0.15, -0.1) is 0 Å². The summed E-state index contributed by atoms with van der Waals surface area (Å²) in [5.74, 6) is -3.50. The number of allylic oxidation sites excluding steroid dienone is 2. The number of ketones is 1. The molecule has 0 amide bonds. The molecule has 2 aromatic rings. The van der Waals surface area contributed by atoms with Crippen molar-refractivity contribution < 1.29 is 22.0 Å². The van der Waals surface area contributed by atoms with Crippen LogP contribution in [0.5, 0.6) is 0 Å². The van der Waals surface area contributed by atoms with Crippen LogP contribution in [0.4, 0.5) is 14.5 Å². The minimum atomic E-state index is -4.08. The minimum Gasteiger partial charge on any atom is -0.305 e. The van der Waals surface area contributed by atoms with Crippen LogP contribution in [0.25, 0.3) is 5.57 Å². The van der Waals surface area contributed by atoms with Crippen LogP contribution < -0.4 is 4.72 Å². The van der Waals surface area contributed by atoms with E-state index in [-0.39, 0.29) is 24.3 Å². The summed E-state index contributed by atoms with van der Waals surface area (Å²) in [6.45, 7) is 1.71. The predicted octanol–water partition coefficient (Wildman–Crippen LogP) is 3.57. The van der Waals surface area contributed by atoms with Gasteiger partial charge in [0, 0.05) is 47.5 Å². The van der Waals surface area contributed by atoms with Gasteiger partial charge in [-0.3, -0.25) is 14.5 Å². The fraction of sp³-hybridized carbons (Fsp3) is 0.211. The number of rotatable bonds is 6. The van der Waals surface area contributed by atoms with Crippen molar-refractivity contribution in [2.75, 3.05) is 18.3 Å². The highest BCUT2D eigenvalue weighted by atomic mass is 79.9. The first-order valence-corrected chi connectivity index (χ1v) is 11.0. The molecule has 11 heteroatoms. The molecular formula is C19H17BrF2N4O3S. The molecule has 0 saturated heterocycles. The molecule has 0 fully saturated rings. The van der Waals surface area contributed by atoms with Gasteiger partial charge in [-0.05, 0) is 40.2 Å². The molecule has 1 heterocycles. The van der Waals surface area contributed by atoms with Crippen LogP contribution in [0.1, 0.15) is 28.5 Å². The number of nitrogens with zero attached hydrogens (tertiary/aromatic N) is 2. The van der Waals surface area contributed by atoms with Gasteiger partial charge in [0.05, 0.1) is 16.9 Å². The van der Waals surface area contributed by atoms with Crippen molar-refractivity contribution in [1.82, 2.24) is 9.29 Å². The van der Waals surface area contributed by atoms with Crippen molar-refractivity contribution in [3.05, 3.63) is 63.4 Å². The number of halogens is 3. The van der Waals surface area contributed by atoms with Gasteiger partial charge in [0.1, 0.15) is 5.82 Å². The average Bonchev–Trinajstić information content (AvgIpc) is 2.69. The van der Waals surface area contributed by atoms with E-state index < -0.39 is 38.9 Å². The number of anilines is 1. The summed E-state index contributed by atoms with van der Waals surface area (Å²) in [5, 5.41) is 7.93. The third-order valence-electron chi connectivity index (χ3n) is 4.56. The van der Waals surface area contributed by atoms with Gasteiger partial charge < -0.3 is 5.41 Å². The highest BCUT2D eigenvalue weighted by molar-refractivity contribution is 9.10. The maximum Gasteiger partial charge on any atom is 0.301 e. The van der Waals surface area contributed by atoms with E-state index >= 15 is 4.39 Å². The number of benzene rings is 1. The van der Waals surface area contributed by atoms with Crippen molar-refractivity contribution in [1.29, 1.82) is 5.41 Å². The molecule has 1 aliphatic carbocycles. The molecule has 1 aromatic heterocycles. The summed E-state index contributed by atoms with van der Waals surface area (Å²) in [6.07, 6.45) is 2.91. The van der Waals surface area contributed by atoms with Gasteiger partial charge in [0.25, 0.3) is 0 Å². The molecule has 0 spiro atoms. The molecule has 0 bridgehead atoms. The Morgan fingerprint density at radius 1 is 1.37 bits per heavy atom. The van der Waals surface area contributed by atoms with E-state index in [2.05, 4.69) is 20.9 Å². The van der Waals surface area contributed by atoms with Crippen LogP contribution in [-0.4, -0.2) is 42.8 Å². The molecule has 0 unspecified atom stereocenters. The number of Topliss-reactive ketones (excluding diaryl/α,β-unsaturated/α-hetero) is 1. The van der Waals surface area contributed by atoms with E-state index in [0.29, 0.717) is 15.7 Å². The standard InChI is InChI=1S/C19H17BrF2N4O3S/c1-3-26(2)30(28,29)25-15-5-4-14(21)17(18(15)22)19(27)13-7-11(23)8-16-12(13)6-10(20)9-24-16/h4-7,9,23,25H,3,8H2,1-2H3. The second-order valence-corrected chi connectivity index (χ2v) is 9.24. The normalized spacial score (nSPS) is 13.8. The molecule has 1 aromatic carbocycles. The summed E-state index contributed by atoms with van der Waals surface area (Å²) < 4.78 is 57.5. The zero-order chi connectivity index (χ0) is 22.2. The van der Waals surface area contributed by atoms with E-state index in [4.69, 9.17) is 5.41 Å². The van der Waals surface area contributed by atoms with Gasteiger partial charge >= 0.3 is 10.2 Å². The van der Waals surface area contributed by atoms with Crippen molar-refractivity contribution in [3.63, 3.8) is 0 Å². The fourth-order valence-electron chi connectivity index (χ4n) is 2.87. The molecule has 0 radical (unpaired) electrons. The monoisotopic (exact) mass is 498 g/mol. The number of pyridine rings is 1. The number of fused-ring (bicyclic) bond motifs is 1. The van der Waals surface area contributed by atoms with Crippen LogP contribution in [-0.2, 0) is 16.6 Å². The van der Waals surface area contributed by atoms with Crippen molar-refractivity contribution in [3.8, 4) is 0 Å². The summed E-state index contributed by atoms with van der Waals surface area (Å²) in [4.78, 5) is 17.3. The van der Waals surface area contributed by atoms with E-state index in [0.717, 1.165) is 16.4 Å². The SMILES string of the molecule is CCN(C)S(=O)(=O)Nc1ccc(F)c(C(=O)C2=CC(=N)Cc3ncc(Br)cc32)c1F. The van der Waals surface area contributed by atoms with Crippen molar-refractivity contribution in [2.45, 2.75) is 13.3 Å². The Bertz CT molecular complexity index is 1200. The Balaban J connectivity index is 2.10. The fourth-order valence-corrected chi connectivity index (χ4v) is 4.14. The summed E-state index contributed by atoms with van der Waals surface area (Å²) in [5.41, 5.74) is -0.737. The molecule has 7 nitrogen and oxygen atoms in total. The second kappa shape index (κ2) is 8.32. The molecule has 0 saturated carbocycles. The Hall–Kier alpha value is -2.50. The zero-order valence-electron chi connectivity index (χ0n) is 16.0. The van der Waals surface area contributed by atoms with E-state index in [1.807, 2.05) is 4.72 Å². The maximum atomic E-state index is 15.1. The Labute approximate surface area is 180 Å². The third kappa shape index (κ3) is 4.18. The van der Waals surface area contributed by atoms with Gasteiger partial charge in [-0.1, -0.05) is 6.92 Å². The number of hydrogen-bond donors (Lipinski definition) is 2. The smallest absolute Gasteiger partial charge is 0.301 e. The Morgan fingerprint density at radius 2 is 2.07 bits per heavy atom. The first kappa shape index (κ1) is 22.2. The van der Waals surface area contributed by atoms with Crippen LogP contribution in [0, 0.1) is 17.0 Å². The van der Waals surface area contributed by atoms with Crippen LogP contribution in [0.2, 0.25) is 0 Å². The quantitative estimate of drug-likeness (QED) is 0.594. The van der Waals surface area contributed by atoms with Crippen LogP contribution in [0.3, 0.4) is 0 Å². The molecule has 0 aliphatic heterocycles. The number of nitrogens with one attached hydrogen (secondary N) is 2. The molecule has 2 N–H and O–H groups in total. The highest BCUT2D eigenvalue weighted by Gasteiger charge is 2.29. The summed E-state index contributed by atoms with van der Waals surface area (Å²) in [7, 11) is -2.80. The molecule has 0 atom stereocenters. The van der Waals surface area contributed by atoms with Gasteiger partial charge in [0.15, 0.2) is 11.6 Å². The van der Waals surface area contributed by atoms with Crippen LogP contribution >= 0.6 is 15.9 Å². The Kier molecular flexibility index (Phi) is 6.16. The van der Waals surface area contributed by atoms with E-state index in [9.17, 15) is 17.6 Å². The first-order chi connectivity index (χ1) is 14.0. The summed E-state index contributed by atoms with van der Waals surface area (Å²) in [6, 6.07) is 3.30. The minimum absolute atomic E-state index is 0.0583. The lowest BCUT2D eigenvalue weighted by molar-refractivity contribution is 0.104. The zero-order valence-corrected chi connectivity index (χ0v) is 18.4. The molecular weight excluding hydrogens is 482 g/mol. The first-order valence-electron chi connectivity index (χ1n) is 8.75. The molecule has 1 aliphatic rings. The predicted molar refractivity (Wildman–Crippen MR) is 113 cm³/mol. The van der Waals surface area contributed by atoms with E-state index in [1.54, 1.807) is 13.0 Å². The third-order valence-corrected chi connectivity index (χ3v) is 6.55. The lowest BCUT2D eigenvalue weighted by Gasteiger charge is -2.19. The summed E-state index contributed by atoms with van der Waals surface area (Å²) >= 11 is 3.25.